The molecule has 1 saturated carbocycles. The van der Waals surface area contributed by atoms with Crippen LogP contribution >= 0.6 is 0 Å². The van der Waals surface area contributed by atoms with Gasteiger partial charge in [-0.25, -0.2) is 8.42 Å². The molecule has 0 spiro atoms. The molecular formula is C12H25NO2S. The zero-order valence-corrected chi connectivity index (χ0v) is 11.5. The first-order chi connectivity index (χ1) is 7.38. The number of rotatable bonds is 6. The van der Waals surface area contributed by atoms with E-state index in [4.69, 9.17) is 0 Å². The van der Waals surface area contributed by atoms with Crippen molar-refractivity contribution in [3.8, 4) is 0 Å². The summed E-state index contributed by atoms with van der Waals surface area (Å²) in [6.45, 7) is 5.35. The molecule has 1 N–H and O–H groups in total. The third-order valence-corrected chi connectivity index (χ3v) is 4.44. The van der Waals surface area contributed by atoms with Crippen LogP contribution in [0.25, 0.3) is 0 Å². The average molecular weight is 247 g/mol. The molecule has 0 heterocycles. The lowest BCUT2D eigenvalue weighted by atomic mass is 9.93. The van der Waals surface area contributed by atoms with Crippen molar-refractivity contribution in [1.29, 1.82) is 0 Å². The second-order valence-corrected chi connectivity index (χ2v) is 7.69. The molecule has 2 atom stereocenters. The lowest BCUT2D eigenvalue weighted by molar-refractivity contribution is 0.348. The number of hydrogen-bond donors (Lipinski definition) is 1. The van der Waals surface area contributed by atoms with Gasteiger partial charge in [-0.1, -0.05) is 26.7 Å². The van der Waals surface area contributed by atoms with Crippen molar-refractivity contribution in [2.24, 2.45) is 11.8 Å². The summed E-state index contributed by atoms with van der Waals surface area (Å²) in [6, 6.07) is 0.524. The highest BCUT2D eigenvalue weighted by Crippen LogP contribution is 2.33. The van der Waals surface area contributed by atoms with Crippen LogP contribution in [0, 0.1) is 11.8 Å². The van der Waals surface area contributed by atoms with E-state index in [1.165, 1.54) is 25.5 Å². The SMILES string of the molecule is CC(C)NCC1CCCC1CCS(C)(=O)=O. The van der Waals surface area contributed by atoms with Crippen LogP contribution in [0.5, 0.6) is 0 Å². The minimum atomic E-state index is -2.79. The van der Waals surface area contributed by atoms with E-state index >= 15 is 0 Å². The molecule has 2 unspecified atom stereocenters. The van der Waals surface area contributed by atoms with Gasteiger partial charge < -0.3 is 5.32 Å². The average Bonchev–Trinajstić information content (AvgIpc) is 2.57. The maximum Gasteiger partial charge on any atom is 0.147 e. The molecule has 1 rings (SSSR count). The monoisotopic (exact) mass is 247 g/mol. The predicted octanol–water partition coefficient (Wildman–Crippen LogP) is 1.84. The van der Waals surface area contributed by atoms with Gasteiger partial charge in [-0.05, 0) is 31.2 Å². The van der Waals surface area contributed by atoms with Crippen molar-refractivity contribution in [3.63, 3.8) is 0 Å². The Labute approximate surface area is 99.9 Å². The molecule has 0 amide bonds. The highest BCUT2D eigenvalue weighted by molar-refractivity contribution is 7.90. The molecule has 0 aromatic carbocycles. The first kappa shape index (κ1) is 14.0. The molecule has 3 nitrogen and oxygen atoms in total. The molecule has 1 aliphatic carbocycles. The summed E-state index contributed by atoms with van der Waals surface area (Å²) in [5, 5.41) is 3.47. The maximum absolute atomic E-state index is 11.1. The fourth-order valence-corrected chi connectivity index (χ4v) is 3.25. The molecule has 0 saturated heterocycles. The van der Waals surface area contributed by atoms with E-state index in [0.29, 0.717) is 23.6 Å². The van der Waals surface area contributed by atoms with Crippen LogP contribution in [0.2, 0.25) is 0 Å². The van der Waals surface area contributed by atoms with Crippen LogP contribution in [0.1, 0.15) is 39.5 Å². The summed E-state index contributed by atoms with van der Waals surface area (Å²) < 4.78 is 22.3. The molecule has 1 fully saturated rings. The van der Waals surface area contributed by atoms with Gasteiger partial charge in [0, 0.05) is 12.3 Å². The van der Waals surface area contributed by atoms with E-state index in [9.17, 15) is 8.42 Å². The lowest BCUT2D eigenvalue weighted by Gasteiger charge is -2.21. The van der Waals surface area contributed by atoms with Gasteiger partial charge in [0.25, 0.3) is 0 Å². The summed E-state index contributed by atoms with van der Waals surface area (Å²) in [4.78, 5) is 0. The van der Waals surface area contributed by atoms with Crippen LogP contribution < -0.4 is 5.32 Å². The van der Waals surface area contributed by atoms with Gasteiger partial charge in [0.15, 0.2) is 0 Å². The van der Waals surface area contributed by atoms with Crippen LogP contribution in [-0.4, -0.2) is 33.0 Å². The Balaban J connectivity index is 2.34. The summed E-state index contributed by atoms with van der Waals surface area (Å²) in [6.07, 6.45) is 5.92. The maximum atomic E-state index is 11.1. The predicted molar refractivity (Wildman–Crippen MR) is 68.3 cm³/mol. The second-order valence-electron chi connectivity index (χ2n) is 5.43. The normalized spacial score (nSPS) is 26.5. The fourth-order valence-electron chi connectivity index (χ4n) is 2.51. The molecule has 0 aromatic rings. The van der Waals surface area contributed by atoms with Crippen molar-refractivity contribution in [3.05, 3.63) is 0 Å². The number of sulfone groups is 1. The van der Waals surface area contributed by atoms with E-state index in [-0.39, 0.29) is 0 Å². The molecule has 0 bridgehead atoms. The largest absolute Gasteiger partial charge is 0.314 e. The molecule has 0 aliphatic heterocycles. The lowest BCUT2D eigenvalue weighted by Crippen LogP contribution is -2.31. The van der Waals surface area contributed by atoms with Crippen molar-refractivity contribution in [2.75, 3.05) is 18.6 Å². The van der Waals surface area contributed by atoms with E-state index in [0.717, 1.165) is 13.0 Å². The topological polar surface area (TPSA) is 46.2 Å². The highest BCUT2D eigenvalue weighted by atomic mass is 32.2. The van der Waals surface area contributed by atoms with Crippen LogP contribution in [0.4, 0.5) is 0 Å². The summed E-state index contributed by atoms with van der Waals surface area (Å²) in [5.74, 6) is 1.65. The van der Waals surface area contributed by atoms with Crippen molar-refractivity contribution >= 4 is 9.84 Å². The van der Waals surface area contributed by atoms with Gasteiger partial charge in [-0.3, -0.25) is 0 Å². The molecule has 0 aromatic heterocycles. The van der Waals surface area contributed by atoms with Gasteiger partial charge in [0.1, 0.15) is 9.84 Å². The third kappa shape index (κ3) is 5.30. The molecule has 0 radical (unpaired) electrons. The smallest absolute Gasteiger partial charge is 0.147 e. The van der Waals surface area contributed by atoms with Crippen molar-refractivity contribution < 1.29 is 8.42 Å². The van der Waals surface area contributed by atoms with E-state index in [2.05, 4.69) is 19.2 Å². The van der Waals surface area contributed by atoms with E-state index < -0.39 is 9.84 Å². The van der Waals surface area contributed by atoms with Crippen LogP contribution in [0.15, 0.2) is 0 Å². The van der Waals surface area contributed by atoms with Gasteiger partial charge in [-0.2, -0.15) is 0 Å². The molecule has 16 heavy (non-hydrogen) atoms. The fraction of sp³-hybridized carbons (Fsp3) is 1.00. The van der Waals surface area contributed by atoms with Gasteiger partial charge in [0.05, 0.1) is 5.75 Å². The minimum Gasteiger partial charge on any atom is -0.314 e. The summed E-state index contributed by atoms with van der Waals surface area (Å²) in [7, 11) is -2.79. The Bertz CT molecular complexity index is 298. The van der Waals surface area contributed by atoms with E-state index in [1.54, 1.807) is 0 Å². The molecular weight excluding hydrogens is 222 g/mol. The Morgan fingerprint density at radius 2 is 1.88 bits per heavy atom. The first-order valence-corrected chi connectivity index (χ1v) is 8.35. The number of nitrogens with one attached hydrogen (secondary N) is 1. The standard InChI is InChI=1S/C12H25NO2S/c1-10(2)13-9-12-6-4-5-11(12)7-8-16(3,14)15/h10-13H,4-9H2,1-3H3. The first-order valence-electron chi connectivity index (χ1n) is 6.29. The Kier molecular flexibility index (Phi) is 5.25. The third-order valence-electron chi connectivity index (χ3n) is 3.46. The zero-order chi connectivity index (χ0) is 12.2. The van der Waals surface area contributed by atoms with Gasteiger partial charge in [0.2, 0.25) is 0 Å². The highest BCUT2D eigenvalue weighted by Gasteiger charge is 2.27. The summed E-state index contributed by atoms with van der Waals surface area (Å²) in [5.41, 5.74) is 0. The Morgan fingerprint density at radius 1 is 1.25 bits per heavy atom. The van der Waals surface area contributed by atoms with Crippen LogP contribution in [-0.2, 0) is 9.84 Å². The van der Waals surface area contributed by atoms with Crippen molar-refractivity contribution in [2.45, 2.75) is 45.6 Å². The zero-order valence-electron chi connectivity index (χ0n) is 10.7. The van der Waals surface area contributed by atoms with E-state index in [1.807, 2.05) is 0 Å². The second kappa shape index (κ2) is 6.01. The van der Waals surface area contributed by atoms with Crippen molar-refractivity contribution in [1.82, 2.24) is 5.32 Å². The molecule has 96 valence electrons. The Hall–Kier alpha value is -0.0900. The van der Waals surface area contributed by atoms with Gasteiger partial charge >= 0.3 is 0 Å². The van der Waals surface area contributed by atoms with Gasteiger partial charge in [-0.15, -0.1) is 0 Å². The quantitative estimate of drug-likeness (QED) is 0.779. The van der Waals surface area contributed by atoms with Crippen LogP contribution in [0.3, 0.4) is 0 Å². The number of hydrogen-bond acceptors (Lipinski definition) is 3. The Morgan fingerprint density at radius 3 is 2.44 bits per heavy atom. The minimum absolute atomic E-state index is 0.357. The molecule has 1 aliphatic rings. The summed E-state index contributed by atoms with van der Waals surface area (Å²) >= 11 is 0. The molecule has 4 heteroatoms.